The molecule has 4 nitrogen and oxygen atoms in total. The molecule has 3 N–H and O–H groups in total. The summed E-state index contributed by atoms with van der Waals surface area (Å²) in [5.74, 6) is 0. The maximum atomic E-state index is 9.07. The Labute approximate surface area is 122 Å². The number of allylic oxidation sites excluding steroid dienone is 2. The average Bonchev–Trinajstić information content (AvgIpc) is 2.82. The lowest BCUT2D eigenvalue weighted by molar-refractivity contribution is 1.27. The van der Waals surface area contributed by atoms with Crippen molar-refractivity contribution >= 4 is 27.7 Å². The van der Waals surface area contributed by atoms with Gasteiger partial charge in [-0.1, -0.05) is 6.07 Å². The van der Waals surface area contributed by atoms with Crippen LogP contribution in [0.1, 0.15) is 23.7 Å². The predicted octanol–water partition coefficient (Wildman–Crippen LogP) is 3.72. The largest absolute Gasteiger partial charge is 0.401 e. The van der Waals surface area contributed by atoms with Gasteiger partial charge in [0.15, 0.2) is 5.13 Å². The Kier molecular flexibility index (Phi) is 4.06. The van der Waals surface area contributed by atoms with E-state index in [-0.39, 0.29) is 0 Å². The lowest BCUT2D eigenvalue weighted by Crippen LogP contribution is -1.97. The van der Waals surface area contributed by atoms with E-state index in [4.69, 9.17) is 11.0 Å². The number of nitriles is 1. The molecule has 0 saturated heterocycles. The third kappa shape index (κ3) is 2.98. The molecule has 0 spiro atoms. The Morgan fingerprint density at radius 3 is 2.70 bits per heavy atom. The van der Waals surface area contributed by atoms with Gasteiger partial charge in [0.1, 0.15) is 6.07 Å². The fourth-order valence-electron chi connectivity index (χ4n) is 1.74. The van der Waals surface area contributed by atoms with Crippen LogP contribution in [0.5, 0.6) is 0 Å². The van der Waals surface area contributed by atoms with Crippen molar-refractivity contribution in [2.75, 3.05) is 5.32 Å². The quantitative estimate of drug-likeness (QED) is 0.842. The lowest BCUT2D eigenvalue weighted by atomic mass is 10.1. The van der Waals surface area contributed by atoms with Gasteiger partial charge < -0.3 is 11.1 Å². The van der Waals surface area contributed by atoms with Crippen molar-refractivity contribution in [1.82, 2.24) is 4.98 Å². The highest BCUT2D eigenvalue weighted by Crippen LogP contribution is 2.26. The Bertz CT molecular complexity index is 703. The van der Waals surface area contributed by atoms with E-state index in [1.807, 2.05) is 11.4 Å². The molecule has 1 aromatic carbocycles. The summed E-state index contributed by atoms with van der Waals surface area (Å²) in [5.41, 5.74) is 10.7. The summed E-state index contributed by atoms with van der Waals surface area (Å²) < 4.78 is 0. The van der Waals surface area contributed by atoms with Crippen LogP contribution < -0.4 is 11.1 Å². The number of aryl methyl sites for hydroxylation is 2. The molecule has 2 aromatic rings. The van der Waals surface area contributed by atoms with Crippen molar-refractivity contribution in [1.29, 1.82) is 5.26 Å². The first-order chi connectivity index (χ1) is 9.51. The number of thiazole rings is 1. The molecule has 5 heteroatoms. The van der Waals surface area contributed by atoms with Gasteiger partial charge in [-0.3, -0.25) is 0 Å². The number of anilines is 2. The van der Waals surface area contributed by atoms with Gasteiger partial charge in [0, 0.05) is 16.8 Å². The lowest BCUT2D eigenvalue weighted by Gasteiger charge is -2.05. The number of benzene rings is 1. The van der Waals surface area contributed by atoms with E-state index in [2.05, 4.69) is 42.4 Å². The maximum absolute atomic E-state index is 9.07. The van der Waals surface area contributed by atoms with Crippen molar-refractivity contribution in [2.45, 2.75) is 20.8 Å². The summed E-state index contributed by atoms with van der Waals surface area (Å²) in [4.78, 5) is 4.40. The number of hydrogen-bond donors (Lipinski definition) is 2. The van der Waals surface area contributed by atoms with Crippen molar-refractivity contribution in [2.24, 2.45) is 5.73 Å². The van der Waals surface area contributed by atoms with E-state index in [9.17, 15) is 0 Å². The molecule has 0 saturated carbocycles. The number of aromatic nitrogens is 1. The van der Waals surface area contributed by atoms with Crippen molar-refractivity contribution in [3.63, 3.8) is 0 Å². The number of nitrogens with one attached hydrogen (secondary N) is 1. The predicted molar refractivity (Wildman–Crippen MR) is 83.7 cm³/mol. The molecule has 1 aromatic heterocycles. The van der Waals surface area contributed by atoms with E-state index < -0.39 is 0 Å². The summed E-state index contributed by atoms with van der Waals surface area (Å²) in [6.45, 7) is 5.85. The van der Waals surface area contributed by atoms with Gasteiger partial charge in [0.05, 0.1) is 11.3 Å². The van der Waals surface area contributed by atoms with Gasteiger partial charge in [-0.15, -0.1) is 11.3 Å². The summed E-state index contributed by atoms with van der Waals surface area (Å²) >= 11 is 1.45. The second kappa shape index (κ2) is 5.76. The minimum absolute atomic E-state index is 0.425. The molecule has 0 atom stereocenters. The molecule has 102 valence electrons. The molecule has 0 fully saturated rings. The Hall–Kier alpha value is -2.32. The SMILES string of the molecule is C/C(N)=C(\C#N)c1csc(Nc2ccc(C)c(C)c2)n1. The van der Waals surface area contributed by atoms with E-state index in [1.54, 1.807) is 6.92 Å². The Morgan fingerprint density at radius 1 is 1.35 bits per heavy atom. The minimum atomic E-state index is 0.425. The van der Waals surface area contributed by atoms with Crippen molar-refractivity contribution in [3.8, 4) is 6.07 Å². The van der Waals surface area contributed by atoms with E-state index in [0.717, 1.165) is 10.8 Å². The minimum Gasteiger partial charge on any atom is -0.401 e. The van der Waals surface area contributed by atoms with Crippen LogP contribution in [0, 0.1) is 25.2 Å². The van der Waals surface area contributed by atoms with Crippen molar-refractivity contribution in [3.05, 3.63) is 46.1 Å². The summed E-state index contributed by atoms with van der Waals surface area (Å²) in [7, 11) is 0. The summed E-state index contributed by atoms with van der Waals surface area (Å²) in [6.07, 6.45) is 0. The standard InChI is InChI=1S/C15H16N4S/c1-9-4-5-12(6-10(9)2)18-15-19-14(8-20-15)13(7-16)11(3)17/h4-6,8H,17H2,1-3H3,(H,18,19)/b13-11-. The first kappa shape index (κ1) is 14.1. The number of nitrogens with zero attached hydrogens (tertiary/aromatic N) is 2. The maximum Gasteiger partial charge on any atom is 0.187 e. The average molecular weight is 284 g/mol. The van der Waals surface area contributed by atoms with Gasteiger partial charge in [-0.25, -0.2) is 4.98 Å². The molecule has 2 rings (SSSR count). The molecule has 0 radical (unpaired) electrons. The molecular weight excluding hydrogens is 268 g/mol. The van der Waals surface area contributed by atoms with Crippen LogP contribution in [-0.2, 0) is 0 Å². The molecule has 0 aliphatic carbocycles. The van der Waals surface area contributed by atoms with Crippen molar-refractivity contribution < 1.29 is 0 Å². The van der Waals surface area contributed by atoms with E-state index in [0.29, 0.717) is 17.0 Å². The monoisotopic (exact) mass is 284 g/mol. The molecule has 1 heterocycles. The second-order valence-corrected chi connectivity index (χ2v) is 5.49. The zero-order chi connectivity index (χ0) is 14.7. The highest BCUT2D eigenvalue weighted by atomic mass is 32.1. The van der Waals surface area contributed by atoms with Crippen LogP contribution in [0.15, 0.2) is 29.3 Å². The first-order valence-corrected chi connectivity index (χ1v) is 7.06. The van der Waals surface area contributed by atoms with E-state index in [1.165, 1.54) is 22.5 Å². The van der Waals surface area contributed by atoms with Gasteiger partial charge in [-0.05, 0) is 44.0 Å². The molecule has 0 bridgehead atoms. The highest BCUT2D eigenvalue weighted by Gasteiger charge is 2.09. The third-order valence-electron chi connectivity index (χ3n) is 3.02. The third-order valence-corrected chi connectivity index (χ3v) is 3.78. The normalized spacial score (nSPS) is 11.7. The zero-order valence-electron chi connectivity index (χ0n) is 11.7. The molecule has 0 amide bonds. The van der Waals surface area contributed by atoms with Gasteiger partial charge in [-0.2, -0.15) is 5.26 Å². The molecule has 0 aliphatic heterocycles. The van der Waals surface area contributed by atoms with Crippen LogP contribution in [0.25, 0.3) is 5.57 Å². The smallest absolute Gasteiger partial charge is 0.187 e. The summed E-state index contributed by atoms with van der Waals surface area (Å²) in [5, 5.41) is 14.9. The number of hydrogen-bond acceptors (Lipinski definition) is 5. The van der Waals surface area contributed by atoms with Crippen LogP contribution in [0.2, 0.25) is 0 Å². The number of rotatable bonds is 3. The zero-order valence-corrected chi connectivity index (χ0v) is 12.5. The van der Waals surface area contributed by atoms with Gasteiger partial charge in [0.25, 0.3) is 0 Å². The second-order valence-electron chi connectivity index (χ2n) is 4.63. The van der Waals surface area contributed by atoms with Crippen LogP contribution in [0.3, 0.4) is 0 Å². The van der Waals surface area contributed by atoms with Gasteiger partial charge in [0.2, 0.25) is 0 Å². The Balaban J connectivity index is 2.24. The highest BCUT2D eigenvalue weighted by molar-refractivity contribution is 7.13. The fraction of sp³-hybridized carbons (Fsp3) is 0.200. The molecule has 0 aliphatic rings. The number of nitrogens with two attached hydrogens (primary N) is 1. The van der Waals surface area contributed by atoms with Crippen LogP contribution >= 0.6 is 11.3 Å². The Morgan fingerprint density at radius 2 is 2.10 bits per heavy atom. The molecule has 0 unspecified atom stereocenters. The first-order valence-electron chi connectivity index (χ1n) is 6.18. The fourth-order valence-corrected chi connectivity index (χ4v) is 2.46. The van der Waals surface area contributed by atoms with Crippen LogP contribution in [-0.4, -0.2) is 4.98 Å². The topological polar surface area (TPSA) is 74.7 Å². The molecular formula is C15H16N4S. The van der Waals surface area contributed by atoms with Crippen LogP contribution in [0.4, 0.5) is 10.8 Å². The summed E-state index contributed by atoms with van der Waals surface area (Å²) in [6, 6.07) is 8.24. The van der Waals surface area contributed by atoms with E-state index >= 15 is 0 Å². The van der Waals surface area contributed by atoms with Gasteiger partial charge >= 0.3 is 0 Å². The molecule has 20 heavy (non-hydrogen) atoms.